The van der Waals surface area contributed by atoms with Gasteiger partial charge < -0.3 is 14.2 Å². The molecule has 0 radical (unpaired) electrons. The predicted molar refractivity (Wildman–Crippen MR) is 113 cm³/mol. The predicted octanol–water partition coefficient (Wildman–Crippen LogP) is 3.85. The molecule has 0 atom stereocenters. The highest BCUT2D eigenvalue weighted by molar-refractivity contribution is 7.99. The van der Waals surface area contributed by atoms with Crippen LogP contribution in [0.15, 0.2) is 72.0 Å². The number of imidazole rings is 1. The average Bonchev–Trinajstić information content (AvgIpc) is 3.11. The number of amides is 1. The standard InChI is InChI=1S/C22H25N3O2S/c1-24-20(19-11-7-4-8-12-19)15-23-22(24)28-17-21(26)25(13-14-27-2)16-18-9-5-3-6-10-18/h3-12,15H,13-14,16-17H2,1-2H3. The number of ether oxygens (including phenoxy) is 1. The van der Waals surface area contributed by atoms with E-state index in [1.807, 2.05) is 71.2 Å². The molecule has 0 aliphatic carbocycles. The summed E-state index contributed by atoms with van der Waals surface area (Å²) in [6.45, 7) is 1.67. The number of hydrogen-bond acceptors (Lipinski definition) is 4. The van der Waals surface area contributed by atoms with E-state index in [9.17, 15) is 4.79 Å². The summed E-state index contributed by atoms with van der Waals surface area (Å²) in [5.74, 6) is 0.422. The van der Waals surface area contributed by atoms with Crippen LogP contribution in [0.3, 0.4) is 0 Å². The second-order valence-corrected chi connectivity index (χ2v) is 7.38. The van der Waals surface area contributed by atoms with Crippen molar-refractivity contribution >= 4 is 17.7 Å². The first kappa shape index (κ1) is 20.2. The van der Waals surface area contributed by atoms with Crippen LogP contribution in [-0.2, 0) is 23.1 Å². The summed E-state index contributed by atoms with van der Waals surface area (Å²) in [7, 11) is 3.63. The first-order chi connectivity index (χ1) is 13.7. The number of aromatic nitrogens is 2. The summed E-state index contributed by atoms with van der Waals surface area (Å²) in [4.78, 5) is 19.2. The highest BCUT2D eigenvalue weighted by Crippen LogP contribution is 2.25. The number of hydrogen-bond donors (Lipinski definition) is 0. The van der Waals surface area contributed by atoms with E-state index in [1.54, 1.807) is 7.11 Å². The van der Waals surface area contributed by atoms with Gasteiger partial charge in [0, 0.05) is 27.2 Å². The van der Waals surface area contributed by atoms with Crippen molar-refractivity contribution in [2.75, 3.05) is 26.0 Å². The number of carbonyl (C=O) groups excluding carboxylic acids is 1. The van der Waals surface area contributed by atoms with Gasteiger partial charge in [-0.25, -0.2) is 4.98 Å². The molecule has 6 heteroatoms. The minimum absolute atomic E-state index is 0.0789. The van der Waals surface area contributed by atoms with Crippen LogP contribution in [0.4, 0.5) is 0 Å². The van der Waals surface area contributed by atoms with Crippen LogP contribution in [0.5, 0.6) is 0 Å². The van der Waals surface area contributed by atoms with Crippen LogP contribution >= 0.6 is 11.8 Å². The molecule has 146 valence electrons. The summed E-state index contributed by atoms with van der Waals surface area (Å²) in [6.07, 6.45) is 1.86. The number of benzene rings is 2. The molecule has 0 spiro atoms. The topological polar surface area (TPSA) is 47.4 Å². The fourth-order valence-electron chi connectivity index (χ4n) is 2.92. The molecular weight excluding hydrogens is 370 g/mol. The lowest BCUT2D eigenvalue weighted by Gasteiger charge is -2.22. The lowest BCUT2D eigenvalue weighted by molar-refractivity contribution is -0.129. The van der Waals surface area contributed by atoms with Crippen molar-refractivity contribution in [3.63, 3.8) is 0 Å². The van der Waals surface area contributed by atoms with Crippen LogP contribution in [-0.4, -0.2) is 46.4 Å². The van der Waals surface area contributed by atoms with E-state index in [4.69, 9.17) is 4.74 Å². The van der Waals surface area contributed by atoms with E-state index in [0.717, 1.165) is 22.0 Å². The van der Waals surface area contributed by atoms with Crippen molar-refractivity contribution in [1.29, 1.82) is 0 Å². The molecule has 0 aliphatic rings. The van der Waals surface area contributed by atoms with Gasteiger partial charge >= 0.3 is 0 Å². The minimum Gasteiger partial charge on any atom is -0.383 e. The zero-order chi connectivity index (χ0) is 19.8. The molecule has 1 aromatic heterocycles. The zero-order valence-corrected chi connectivity index (χ0v) is 17.1. The van der Waals surface area contributed by atoms with E-state index in [1.165, 1.54) is 11.8 Å². The summed E-state index contributed by atoms with van der Waals surface area (Å²) >= 11 is 1.46. The molecule has 0 fully saturated rings. The van der Waals surface area contributed by atoms with Gasteiger partial charge in [0.25, 0.3) is 0 Å². The maximum absolute atomic E-state index is 12.8. The van der Waals surface area contributed by atoms with Gasteiger partial charge in [-0.05, 0) is 11.1 Å². The second-order valence-electron chi connectivity index (χ2n) is 6.43. The Labute approximate surface area is 170 Å². The second kappa shape index (κ2) is 10.1. The van der Waals surface area contributed by atoms with Gasteiger partial charge in [-0.15, -0.1) is 0 Å². The largest absolute Gasteiger partial charge is 0.383 e. The van der Waals surface area contributed by atoms with Gasteiger partial charge in [-0.1, -0.05) is 72.4 Å². The van der Waals surface area contributed by atoms with E-state index in [2.05, 4.69) is 17.1 Å². The molecule has 0 saturated heterocycles. The summed E-state index contributed by atoms with van der Waals surface area (Å²) < 4.78 is 7.21. The first-order valence-corrected chi connectivity index (χ1v) is 10.2. The lowest BCUT2D eigenvalue weighted by Crippen LogP contribution is -2.34. The third kappa shape index (κ3) is 5.24. The molecular formula is C22H25N3O2S. The Morgan fingerprint density at radius 3 is 2.46 bits per heavy atom. The van der Waals surface area contributed by atoms with Crippen molar-refractivity contribution in [1.82, 2.24) is 14.5 Å². The molecule has 0 unspecified atom stereocenters. The summed E-state index contributed by atoms with van der Waals surface area (Å²) in [5, 5.41) is 0.832. The molecule has 28 heavy (non-hydrogen) atoms. The number of methoxy groups -OCH3 is 1. The zero-order valence-electron chi connectivity index (χ0n) is 16.2. The summed E-state index contributed by atoms with van der Waals surface area (Å²) in [6, 6.07) is 20.2. The van der Waals surface area contributed by atoms with Gasteiger partial charge in [0.1, 0.15) is 0 Å². The Hall–Kier alpha value is -2.57. The minimum atomic E-state index is 0.0789. The third-order valence-corrected chi connectivity index (χ3v) is 5.50. The Morgan fingerprint density at radius 2 is 1.79 bits per heavy atom. The van der Waals surface area contributed by atoms with Crippen molar-refractivity contribution < 1.29 is 9.53 Å². The van der Waals surface area contributed by atoms with Gasteiger partial charge in [0.15, 0.2) is 5.16 Å². The van der Waals surface area contributed by atoms with Crippen LogP contribution < -0.4 is 0 Å². The van der Waals surface area contributed by atoms with Crippen LogP contribution in [0, 0.1) is 0 Å². The molecule has 3 aromatic rings. The van der Waals surface area contributed by atoms with Gasteiger partial charge in [-0.2, -0.15) is 0 Å². The first-order valence-electron chi connectivity index (χ1n) is 9.19. The van der Waals surface area contributed by atoms with E-state index < -0.39 is 0 Å². The Morgan fingerprint density at radius 1 is 1.11 bits per heavy atom. The smallest absolute Gasteiger partial charge is 0.233 e. The van der Waals surface area contributed by atoms with Gasteiger partial charge in [0.05, 0.1) is 24.3 Å². The normalized spacial score (nSPS) is 10.8. The molecule has 0 aliphatic heterocycles. The highest BCUT2D eigenvalue weighted by atomic mass is 32.2. The average molecular weight is 396 g/mol. The van der Waals surface area contributed by atoms with Crippen molar-refractivity contribution in [2.24, 2.45) is 7.05 Å². The Kier molecular flexibility index (Phi) is 7.28. The third-order valence-electron chi connectivity index (χ3n) is 4.47. The molecule has 1 amide bonds. The SMILES string of the molecule is COCCN(Cc1ccccc1)C(=O)CSc1ncc(-c2ccccc2)n1C. The van der Waals surface area contributed by atoms with Crippen LogP contribution in [0.25, 0.3) is 11.3 Å². The maximum atomic E-state index is 12.8. The molecule has 3 rings (SSSR count). The van der Waals surface area contributed by atoms with Crippen LogP contribution in [0.2, 0.25) is 0 Å². The Balaban J connectivity index is 1.65. The van der Waals surface area contributed by atoms with E-state index in [0.29, 0.717) is 25.4 Å². The van der Waals surface area contributed by atoms with Crippen molar-refractivity contribution in [3.05, 3.63) is 72.4 Å². The maximum Gasteiger partial charge on any atom is 0.233 e. The molecule has 0 N–H and O–H groups in total. The fourth-order valence-corrected chi connectivity index (χ4v) is 3.77. The van der Waals surface area contributed by atoms with Crippen molar-refractivity contribution in [3.8, 4) is 11.3 Å². The fraction of sp³-hybridized carbons (Fsp3) is 0.273. The Bertz CT molecular complexity index is 881. The molecule has 0 bridgehead atoms. The molecule has 1 heterocycles. The van der Waals surface area contributed by atoms with Crippen LogP contribution in [0.1, 0.15) is 5.56 Å². The number of rotatable bonds is 9. The van der Waals surface area contributed by atoms with E-state index in [-0.39, 0.29) is 5.91 Å². The van der Waals surface area contributed by atoms with E-state index >= 15 is 0 Å². The summed E-state index contributed by atoms with van der Waals surface area (Å²) in [5.41, 5.74) is 3.26. The van der Waals surface area contributed by atoms with Gasteiger partial charge in [0.2, 0.25) is 5.91 Å². The van der Waals surface area contributed by atoms with Gasteiger partial charge in [-0.3, -0.25) is 4.79 Å². The molecule has 2 aromatic carbocycles. The molecule has 5 nitrogen and oxygen atoms in total. The van der Waals surface area contributed by atoms with Crippen molar-refractivity contribution in [2.45, 2.75) is 11.7 Å². The highest BCUT2D eigenvalue weighted by Gasteiger charge is 2.16. The molecule has 0 saturated carbocycles. The lowest BCUT2D eigenvalue weighted by atomic mass is 10.2. The monoisotopic (exact) mass is 395 g/mol. The number of carbonyl (C=O) groups is 1. The quantitative estimate of drug-likeness (QED) is 0.516. The number of thioether (sulfide) groups is 1. The number of nitrogens with zero attached hydrogens (tertiary/aromatic N) is 3.